The highest BCUT2D eigenvalue weighted by Gasteiger charge is 2.55. The molecule has 0 bridgehead atoms. The summed E-state index contributed by atoms with van der Waals surface area (Å²) in [5, 5.41) is 30.0. The van der Waals surface area contributed by atoms with Gasteiger partial charge in [0.25, 0.3) is 5.91 Å². The topological polar surface area (TPSA) is 269 Å². The first-order valence-corrected chi connectivity index (χ1v) is 22.3. The number of nitrogens with two attached hydrogens (primary N) is 1. The molecule has 2 aliphatic carbocycles. The number of aliphatic imine (C=N–C) groups is 1. The number of rotatable bonds is 12. The Hall–Kier alpha value is -4.50. The first-order chi connectivity index (χ1) is 30.5. The average molecular weight is 932 g/mol. The molecule has 19 nitrogen and oxygen atoms in total. The first-order valence-electron chi connectivity index (χ1n) is 22.0. The quantitative estimate of drug-likeness (QED) is 0.0829. The molecular formula is C45H62ClN5O14. The lowest BCUT2D eigenvalue weighted by atomic mass is 9.61. The van der Waals surface area contributed by atoms with Crippen molar-refractivity contribution in [2.45, 2.75) is 154 Å². The number of aryl methyl sites for hydroxylation is 1. The lowest BCUT2D eigenvalue weighted by molar-refractivity contribution is -0.296. The van der Waals surface area contributed by atoms with Crippen molar-refractivity contribution < 1.29 is 62.5 Å². The third kappa shape index (κ3) is 9.69. The Morgan fingerprint density at radius 2 is 1.78 bits per heavy atom. The molecule has 3 aliphatic heterocycles. The summed E-state index contributed by atoms with van der Waals surface area (Å²) >= 11 is 6.42. The van der Waals surface area contributed by atoms with Crippen molar-refractivity contribution in [1.82, 2.24) is 10.3 Å². The Morgan fingerprint density at radius 3 is 2.37 bits per heavy atom. The van der Waals surface area contributed by atoms with Crippen LogP contribution in [0.4, 0.5) is 4.79 Å². The van der Waals surface area contributed by atoms with Gasteiger partial charge in [-0.05, 0) is 76.0 Å². The number of carbonyl (C=O) groups is 4. The van der Waals surface area contributed by atoms with E-state index in [4.69, 9.17) is 50.5 Å². The van der Waals surface area contributed by atoms with Crippen molar-refractivity contribution in [3.8, 4) is 0 Å². The van der Waals surface area contributed by atoms with Crippen LogP contribution in [0.5, 0.6) is 0 Å². The monoisotopic (exact) mass is 931 g/mol. The molecule has 5 aliphatic rings. The third-order valence-corrected chi connectivity index (χ3v) is 14.1. The summed E-state index contributed by atoms with van der Waals surface area (Å²) in [6, 6.07) is -0.982. The molecule has 4 heterocycles. The molecule has 2 saturated heterocycles. The number of aromatic amines is 1. The summed E-state index contributed by atoms with van der Waals surface area (Å²) < 4.78 is 42.0. The van der Waals surface area contributed by atoms with Crippen LogP contribution in [-0.2, 0) is 42.7 Å². The van der Waals surface area contributed by atoms with E-state index >= 15 is 0 Å². The molecule has 0 aromatic carbocycles. The number of aliphatic hydroxyl groups is 2. The highest BCUT2D eigenvalue weighted by molar-refractivity contribution is 6.34. The third-order valence-electron chi connectivity index (χ3n) is 13.6. The summed E-state index contributed by atoms with van der Waals surface area (Å²) in [6.45, 7) is 19.4. The first kappa shape index (κ1) is 49.9. The highest BCUT2D eigenvalue weighted by Crippen LogP contribution is 2.51. The maximum atomic E-state index is 14.4. The van der Waals surface area contributed by atoms with Gasteiger partial charge >= 0.3 is 12.1 Å². The molecule has 16 atom stereocenters. The minimum atomic E-state index is -1.89. The summed E-state index contributed by atoms with van der Waals surface area (Å²) in [4.78, 5) is 72.9. The zero-order chi connectivity index (χ0) is 48.0. The van der Waals surface area contributed by atoms with Crippen molar-refractivity contribution >= 4 is 41.3 Å². The number of nitrogens with one attached hydrogen (secondary N) is 2. The van der Waals surface area contributed by atoms with Gasteiger partial charge in [-0.15, -0.1) is 4.91 Å². The SMILES string of the molecule is C=C1CCC(OC2CC(O)(C(C)NC(=O)c3[nH]c(C)c(C)c3Cl)C(O)C(C)O2)C2C=CC(C)C(/C(N=O)=C3/N=C(C4OC(C)C(OC(N)=O)C(OC(C)=O)C4OC)OC(C(C)C)C3=O)C12. The van der Waals surface area contributed by atoms with Gasteiger partial charge in [-0.1, -0.05) is 56.7 Å². The Labute approximate surface area is 382 Å². The number of halogens is 1. The Balaban J connectivity index is 1.31. The van der Waals surface area contributed by atoms with Gasteiger partial charge in [-0.3, -0.25) is 14.4 Å². The summed E-state index contributed by atoms with van der Waals surface area (Å²) in [5.41, 5.74) is 5.47. The molecule has 1 aromatic heterocycles. The lowest BCUT2D eigenvalue weighted by Crippen LogP contribution is -2.66. The van der Waals surface area contributed by atoms with E-state index in [0.717, 1.165) is 16.8 Å². The van der Waals surface area contributed by atoms with E-state index in [2.05, 4.69) is 27.0 Å². The molecule has 3 fully saturated rings. The molecule has 6 N–H and O–H groups in total. The molecule has 1 aromatic rings. The number of nitroso groups, excluding NO2 is 1. The van der Waals surface area contributed by atoms with Crippen molar-refractivity contribution in [3.05, 3.63) is 62.6 Å². The molecule has 358 valence electrons. The van der Waals surface area contributed by atoms with Crippen LogP contribution >= 0.6 is 11.6 Å². The second kappa shape index (κ2) is 19.8. The predicted molar refractivity (Wildman–Crippen MR) is 234 cm³/mol. The fraction of sp³-hybridized carbons (Fsp3) is 0.667. The minimum Gasteiger partial charge on any atom is -0.467 e. The maximum Gasteiger partial charge on any atom is 0.405 e. The van der Waals surface area contributed by atoms with Crippen molar-refractivity contribution in [1.29, 1.82) is 0 Å². The Kier molecular flexibility index (Phi) is 15.2. The Bertz CT molecular complexity index is 2140. The fourth-order valence-corrected chi connectivity index (χ4v) is 10.2. The van der Waals surface area contributed by atoms with Gasteiger partial charge in [0.15, 0.2) is 30.7 Å². The average Bonchev–Trinajstić information content (AvgIpc) is 3.50. The van der Waals surface area contributed by atoms with Crippen molar-refractivity contribution in [2.24, 2.45) is 45.5 Å². The lowest BCUT2D eigenvalue weighted by Gasteiger charge is -2.50. The summed E-state index contributed by atoms with van der Waals surface area (Å²) in [5.74, 6) is -4.40. The molecular weight excluding hydrogens is 870 g/mol. The summed E-state index contributed by atoms with van der Waals surface area (Å²) in [6.07, 6.45) is -7.28. The van der Waals surface area contributed by atoms with Crippen LogP contribution in [0.25, 0.3) is 0 Å². The zero-order valence-electron chi connectivity index (χ0n) is 38.4. The minimum absolute atomic E-state index is 0.128. The summed E-state index contributed by atoms with van der Waals surface area (Å²) in [7, 11) is 1.32. The number of ether oxygens (including phenoxy) is 7. The number of hydrogen-bond acceptors (Lipinski definition) is 16. The van der Waals surface area contributed by atoms with Crippen LogP contribution < -0.4 is 11.1 Å². The number of hydrogen-bond donors (Lipinski definition) is 5. The molecule has 20 heteroatoms. The standard InChI is InChI=1S/C45H62ClN5O14/c1-17(2)36-35(53)34(50-43(64-36)40-38(59-11)39(62-25(10)52)37(22(7)61-40)65-44(47)56)32(51-58)30-19(4)12-14-26-27(15-13-18(3)29(26)30)63-28-16-45(57,41(54)23(8)60-28)24(9)49-42(55)33-31(46)20(5)21(6)48-33/h12,14,17,19,22-24,26-30,36-41,48,54,57H,3,13,15-16H2,1-2,4-11H3,(H2,47,56)(H,49,55)/b34-32-. The van der Waals surface area contributed by atoms with E-state index in [1.807, 2.05) is 19.1 Å². The second-order valence-corrected chi connectivity index (χ2v) is 18.7. The largest absolute Gasteiger partial charge is 0.467 e. The van der Waals surface area contributed by atoms with Crippen LogP contribution in [0.3, 0.4) is 0 Å². The second-order valence-electron chi connectivity index (χ2n) is 18.3. The number of esters is 1. The Morgan fingerprint density at radius 1 is 1.09 bits per heavy atom. The van der Waals surface area contributed by atoms with E-state index in [1.54, 1.807) is 48.5 Å². The van der Waals surface area contributed by atoms with Gasteiger partial charge in [0.2, 0.25) is 11.7 Å². The van der Waals surface area contributed by atoms with Gasteiger partial charge in [0, 0.05) is 38.0 Å². The molecule has 6 rings (SSSR count). The number of aliphatic hydroxyl groups excluding tert-OH is 1. The number of aromatic nitrogens is 1. The zero-order valence-corrected chi connectivity index (χ0v) is 39.1. The van der Waals surface area contributed by atoms with Gasteiger partial charge in [0.05, 0.1) is 29.4 Å². The number of amides is 2. The van der Waals surface area contributed by atoms with E-state index in [-0.39, 0.29) is 40.3 Å². The molecule has 1 saturated carbocycles. The smallest absolute Gasteiger partial charge is 0.405 e. The van der Waals surface area contributed by atoms with Gasteiger partial charge in [-0.2, -0.15) is 0 Å². The fourth-order valence-electron chi connectivity index (χ4n) is 9.97. The number of primary amides is 1. The van der Waals surface area contributed by atoms with Crippen LogP contribution in [0.2, 0.25) is 5.02 Å². The van der Waals surface area contributed by atoms with E-state index in [0.29, 0.717) is 12.8 Å². The van der Waals surface area contributed by atoms with Crippen molar-refractivity contribution in [2.75, 3.05) is 7.11 Å². The normalized spacial score (nSPS) is 37.4. The number of Topliss-reactive ketones (excluding diaryl/α,β-unsaturated/α-hetero) is 1. The van der Waals surface area contributed by atoms with E-state index < -0.39 is 120 Å². The van der Waals surface area contributed by atoms with Crippen LogP contribution in [-0.4, -0.2) is 125 Å². The molecule has 0 spiro atoms. The van der Waals surface area contributed by atoms with Gasteiger partial charge < -0.3 is 59.4 Å². The molecule has 2 amide bonds. The van der Waals surface area contributed by atoms with E-state index in [9.17, 15) is 34.3 Å². The van der Waals surface area contributed by atoms with Gasteiger partial charge in [0.1, 0.15) is 34.9 Å². The number of carbonyl (C=O) groups excluding carboxylic acids is 4. The molecule has 0 radical (unpaired) electrons. The van der Waals surface area contributed by atoms with Crippen LogP contribution in [0.15, 0.2) is 45.9 Å². The number of ketones is 1. The van der Waals surface area contributed by atoms with Crippen LogP contribution in [0.1, 0.15) is 89.5 Å². The highest BCUT2D eigenvalue weighted by atomic mass is 35.5. The molecule has 16 unspecified atom stereocenters. The van der Waals surface area contributed by atoms with Gasteiger partial charge in [-0.25, -0.2) is 9.79 Å². The van der Waals surface area contributed by atoms with E-state index in [1.165, 1.54) is 14.0 Å². The number of nitrogens with zero attached hydrogens (tertiary/aromatic N) is 2. The number of allylic oxidation sites excluding steroid dienone is 3. The van der Waals surface area contributed by atoms with Crippen molar-refractivity contribution in [3.63, 3.8) is 0 Å². The number of fused-ring (bicyclic) bond motifs is 1. The molecule has 65 heavy (non-hydrogen) atoms. The number of methoxy groups -OCH3 is 1. The maximum absolute atomic E-state index is 14.4. The number of H-pyrrole nitrogens is 1. The predicted octanol–water partition coefficient (Wildman–Crippen LogP) is 4.62. The van der Waals surface area contributed by atoms with Crippen LogP contribution in [0, 0.1) is 48.3 Å².